The molecule has 4 aromatic rings. The van der Waals surface area contributed by atoms with E-state index in [1.165, 1.54) is 0 Å². The van der Waals surface area contributed by atoms with Crippen LogP contribution < -0.4 is 21.1 Å². The summed E-state index contributed by atoms with van der Waals surface area (Å²) in [5.41, 5.74) is 13.2. The van der Waals surface area contributed by atoms with Gasteiger partial charge in [0.25, 0.3) is 0 Å². The number of hydrogen-bond donors (Lipinski definition) is 2. The van der Waals surface area contributed by atoms with Crippen molar-refractivity contribution in [3.63, 3.8) is 0 Å². The summed E-state index contributed by atoms with van der Waals surface area (Å²) < 4.78 is 5.21. The first-order valence-electron chi connectivity index (χ1n) is 9.65. The van der Waals surface area contributed by atoms with Crippen LogP contribution in [0.25, 0.3) is 11.0 Å². The van der Waals surface area contributed by atoms with Gasteiger partial charge in [0, 0.05) is 23.0 Å². The van der Waals surface area contributed by atoms with Gasteiger partial charge in [-0.05, 0) is 48.9 Å². The van der Waals surface area contributed by atoms with E-state index < -0.39 is 0 Å². The van der Waals surface area contributed by atoms with Crippen molar-refractivity contribution >= 4 is 40.5 Å². The third kappa shape index (κ3) is 4.46. The number of nitrogens with zero attached hydrogens (tertiary/aromatic N) is 5. The van der Waals surface area contributed by atoms with Gasteiger partial charge >= 0.3 is 0 Å². The number of rotatable bonds is 6. The molecule has 0 aliphatic rings. The molecule has 8 nitrogen and oxygen atoms in total. The van der Waals surface area contributed by atoms with E-state index in [4.69, 9.17) is 16.2 Å². The monoisotopic (exact) mass is 433 g/mol. The molecule has 158 valence electrons. The van der Waals surface area contributed by atoms with Crippen LogP contribution in [0.15, 0.2) is 64.5 Å². The average molecular weight is 434 g/mol. The van der Waals surface area contributed by atoms with Gasteiger partial charge in [-0.15, -0.1) is 0 Å². The fourth-order valence-corrected chi connectivity index (χ4v) is 3.92. The van der Waals surface area contributed by atoms with E-state index in [-0.39, 0.29) is 17.8 Å². The first-order chi connectivity index (χ1) is 14.9. The lowest BCUT2D eigenvalue weighted by molar-refractivity contribution is 0.414. The Morgan fingerprint density at radius 3 is 2.23 bits per heavy atom. The SMILES string of the molecule is COc1ccc(Sc2ccc(C(C)N(C)c3ncc4c(N)nc(N)nc4n3)cc2)cc1. The van der Waals surface area contributed by atoms with Crippen LogP contribution in [-0.4, -0.2) is 34.1 Å². The number of benzene rings is 2. The Hall–Kier alpha value is -3.59. The van der Waals surface area contributed by atoms with Crippen LogP contribution in [0.5, 0.6) is 5.75 Å². The molecule has 4 rings (SSSR count). The molecule has 9 heteroatoms. The molecule has 0 fully saturated rings. The highest BCUT2D eigenvalue weighted by atomic mass is 32.2. The summed E-state index contributed by atoms with van der Waals surface area (Å²) in [5, 5.41) is 0.582. The topological polar surface area (TPSA) is 116 Å². The van der Waals surface area contributed by atoms with Crippen molar-refractivity contribution in [1.82, 2.24) is 19.9 Å². The highest BCUT2D eigenvalue weighted by Gasteiger charge is 2.16. The molecule has 0 radical (unpaired) electrons. The van der Waals surface area contributed by atoms with Crippen molar-refractivity contribution in [2.45, 2.75) is 22.8 Å². The maximum atomic E-state index is 5.88. The van der Waals surface area contributed by atoms with Crippen molar-refractivity contribution in [2.24, 2.45) is 0 Å². The molecule has 0 saturated heterocycles. The van der Waals surface area contributed by atoms with Crippen molar-refractivity contribution in [1.29, 1.82) is 0 Å². The summed E-state index contributed by atoms with van der Waals surface area (Å²) in [5.74, 6) is 1.75. The molecule has 2 aromatic carbocycles. The minimum absolute atomic E-state index is 0.0500. The second kappa shape index (κ2) is 8.65. The molecule has 0 aliphatic heterocycles. The molecule has 1 atom stereocenters. The van der Waals surface area contributed by atoms with E-state index in [2.05, 4.69) is 51.1 Å². The second-order valence-corrected chi connectivity index (χ2v) is 8.15. The first kappa shape index (κ1) is 20.7. The smallest absolute Gasteiger partial charge is 0.227 e. The number of methoxy groups -OCH3 is 1. The predicted molar refractivity (Wildman–Crippen MR) is 124 cm³/mol. The lowest BCUT2D eigenvalue weighted by atomic mass is 10.1. The highest BCUT2D eigenvalue weighted by Crippen LogP contribution is 2.31. The van der Waals surface area contributed by atoms with Gasteiger partial charge in [0.15, 0.2) is 5.65 Å². The molecule has 0 amide bonds. The summed E-state index contributed by atoms with van der Waals surface area (Å²) in [6, 6.07) is 16.5. The zero-order valence-corrected chi connectivity index (χ0v) is 18.3. The average Bonchev–Trinajstić information content (AvgIpc) is 2.78. The van der Waals surface area contributed by atoms with Crippen LogP contribution in [0.4, 0.5) is 17.7 Å². The number of nitrogens with two attached hydrogens (primary N) is 2. The standard InChI is InChI=1S/C22H23N7OS/c1-13(29(2)22-25-12-18-19(23)26-21(24)27-20(18)28-22)14-4-8-16(9-5-14)31-17-10-6-15(30-3)7-11-17/h4-13H,1-3H3,(H4,23,24,25,26,27,28). The van der Waals surface area contributed by atoms with E-state index in [9.17, 15) is 0 Å². The lowest BCUT2D eigenvalue weighted by Crippen LogP contribution is -2.23. The van der Waals surface area contributed by atoms with E-state index >= 15 is 0 Å². The summed E-state index contributed by atoms with van der Waals surface area (Å²) in [6.07, 6.45) is 1.63. The number of hydrogen-bond acceptors (Lipinski definition) is 9. The molecule has 0 saturated carbocycles. The van der Waals surface area contributed by atoms with Gasteiger partial charge in [0.05, 0.1) is 18.5 Å². The molecule has 0 spiro atoms. The van der Waals surface area contributed by atoms with E-state index in [0.717, 1.165) is 21.1 Å². The Balaban J connectivity index is 1.50. The minimum atomic E-state index is 0.0500. The van der Waals surface area contributed by atoms with Crippen LogP contribution in [0.2, 0.25) is 0 Å². The van der Waals surface area contributed by atoms with E-state index in [1.807, 2.05) is 36.2 Å². The molecular weight excluding hydrogens is 410 g/mol. The van der Waals surface area contributed by atoms with Gasteiger partial charge in [0.2, 0.25) is 11.9 Å². The highest BCUT2D eigenvalue weighted by molar-refractivity contribution is 7.99. The Bertz CT molecular complexity index is 1200. The van der Waals surface area contributed by atoms with Crippen molar-refractivity contribution in [3.8, 4) is 5.75 Å². The molecule has 2 heterocycles. The number of ether oxygens (including phenoxy) is 1. The van der Waals surface area contributed by atoms with Crippen LogP contribution in [-0.2, 0) is 0 Å². The number of anilines is 3. The Morgan fingerprint density at radius 2 is 1.58 bits per heavy atom. The van der Waals surface area contributed by atoms with Gasteiger partial charge in [-0.2, -0.15) is 15.0 Å². The minimum Gasteiger partial charge on any atom is -0.497 e. The quantitative estimate of drug-likeness (QED) is 0.466. The van der Waals surface area contributed by atoms with Gasteiger partial charge in [-0.1, -0.05) is 23.9 Å². The van der Waals surface area contributed by atoms with Gasteiger partial charge in [0.1, 0.15) is 11.6 Å². The Kier molecular flexibility index (Phi) is 5.77. The maximum absolute atomic E-state index is 5.88. The van der Waals surface area contributed by atoms with Gasteiger partial charge < -0.3 is 21.1 Å². The fourth-order valence-electron chi connectivity index (χ4n) is 3.11. The summed E-state index contributed by atoms with van der Waals surface area (Å²) in [4.78, 5) is 21.4. The van der Waals surface area contributed by atoms with Crippen LogP contribution in [0, 0.1) is 0 Å². The summed E-state index contributed by atoms with van der Waals surface area (Å²) in [7, 11) is 3.61. The Labute approximate surface area is 184 Å². The van der Waals surface area contributed by atoms with Crippen molar-refractivity contribution in [3.05, 3.63) is 60.3 Å². The lowest BCUT2D eigenvalue weighted by Gasteiger charge is -2.25. The van der Waals surface area contributed by atoms with Crippen LogP contribution >= 0.6 is 11.8 Å². The summed E-state index contributed by atoms with van der Waals surface area (Å²) >= 11 is 1.70. The maximum Gasteiger partial charge on any atom is 0.227 e. The van der Waals surface area contributed by atoms with Crippen molar-refractivity contribution in [2.75, 3.05) is 30.5 Å². The third-order valence-corrected chi connectivity index (χ3v) is 6.06. The molecule has 1 unspecified atom stereocenters. The zero-order valence-electron chi connectivity index (χ0n) is 17.5. The molecule has 0 bridgehead atoms. The molecule has 2 aromatic heterocycles. The molecule has 4 N–H and O–H groups in total. The number of nitrogen functional groups attached to an aromatic ring is 2. The van der Waals surface area contributed by atoms with E-state index in [1.54, 1.807) is 25.1 Å². The third-order valence-electron chi connectivity index (χ3n) is 5.04. The molecule has 0 aliphatic carbocycles. The number of fused-ring (bicyclic) bond motifs is 1. The van der Waals surface area contributed by atoms with Gasteiger partial charge in [-0.25, -0.2) is 4.98 Å². The Morgan fingerprint density at radius 1 is 0.935 bits per heavy atom. The van der Waals surface area contributed by atoms with Crippen molar-refractivity contribution < 1.29 is 4.74 Å². The molecule has 31 heavy (non-hydrogen) atoms. The summed E-state index contributed by atoms with van der Waals surface area (Å²) in [6.45, 7) is 2.10. The van der Waals surface area contributed by atoms with Gasteiger partial charge in [-0.3, -0.25) is 0 Å². The largest absolute Gasteiger partial charge is 0.497 e. The van der Waals surface area contributed by atoms with E-state index in [0.29, 0.717) is 17.0 Å². The fraction of sp³-hybridized carbons (Fsp3) is 0.182. The van der Waals surface area contributed by atoms with Crippen LogP contribution in [0.1, 0.15) is 18.5 Å². The molecular formula is C22H23N7OS. The normalized spacial score (nSPS) is 12.0. The van der Waals surface area contributed by atoms with Crippen LogP contribution in [0.3, 0.4) is 0 Å². The number of aromatic nitrogens is 4. The second-order valence-electron chi connectivity index (χ2n) is 7.01. The predicted octanol–water partition coefficient (Wildman–Crippen LogP) is 3.94. The first-order valence-corrected chi connectivity index (χ1v) is 10.5. The zero-order chi connectivity index (χ0) is 22.0.